The van der Waals surface area contributed by atoms with Crippen molar-refractivity contribution in [2.75, 3.05) is 26.7 Å². The SMILES string of the molecule is CC1CN(C2(CN)CCCCCC2)CC(C)N1C. The molecule has 2 unspecified atom stereocenters. The Morgan fingerprint density at radius 2 is 1.50 bits per heavy atom. The minimum atomic E-state index is 0.306. The molecule has 1 saturated carbocycles. The van der Waals surface area contributed by atoms with Crippen LogP contribution in [-0.2, 0) is 0 Å². The molecule has 0 aromatic heterocycles. The first-order valence-electron chi connectivity index (χ1n) is 7.76. The van der Waals surface area contributed by atoms with Crippen LogP contribution in [0.2, 0.25) is 0 Å². The number of rotatable bonds is 2. The van der Waals surface area contributed by atoms with Crippen LogP contribution in [-0.4, -0.2) is 54.1 Å². The van der Waals surface area contributed by atoms with Gasteiger partial charge in [0.1, 0.15) is 0 Å². The van der Waals surface area contributed by atoms with Crippen LogP contribution >= 0.6 is 0 Å². The number of likely N-dealkylation sites (N-methyl/N-ethyl adjacent to an activating group) is 1. The lowest BCUT2D eigenvalue weighted by molar-refractivity contribution is -0.0167. The van der Waals surface area contributed by atoms with Gasteiger partial charge in [0.2, 0.25) is 0 Å². The summed E-state index contributed by atoms with van der Waals surface area (Å²) in [6, 6.07) is 1.31. The van der Waals surface area contributed by atoms with Gasteiger partial charge in [-0.25, -0.2) is 0 Å². The van der Waals surface area contributed by atoms with Gasteiger partial charge in [-0.15, -0.1) is 0 Å². The molecule has 0 aromatic rings. The summed E-state index contributed by atoms with van der Waals surface area (Å²) in [5, 5.41) is 0. The molecule has 18 heavy (non-hydrogen) atoms. The molecule has 0 radical (unpaired) electrons. The molecule has 2 atom stereocenters. The predicted octanol–water partition coefficient (Wildman–Crippen LogP) is 2.06. The van der Waals surface area contributed by atoms with Gasteiger partial charge in [0.15, 0.2) is 0 Å². The lowest BCUT2D eigenvalue weighted by Gasteiger charge is -2.51. The Morgan fingerprint density at radius 3 is 1.94 bits per heavy atom. The molecule has 0 aromatic carbocycles. The molecule has 2 N–H and O–H groups in total. The van der Waals surface area contributed by atoms with E-state index in [-0.39, 0.29) is 0 Å². The summed E-state index contributed by atoms with van der Waals surface area (Å²) in [7, 11) is 2.26. The Bertz CT molecular complexity index is 246. The fraction of sp³-hybridized carbons (Fsp3) is 1.00. The van der Waals surface area contributed by atoms with E-state index in [0.29, 0.717) is 17.6 Å². The molecule has 1 aliphatic carbocycles. The molecule has 2 rings (SSSR count). The number of hydrogen-bond acceptors (Lipinski definition) is 3. The maximum absolute atomic E-state index is 6.21. The molecule has 0 bridgehead atoms. The average molecular weight is 253 g/mol. The molecule has 3 nitrogen and oxygen atoms in total. The summed E-state index contributed by atoms with van der Waals surface area (Å²) in [5.41, 5.74) is 6.51. The van der Waals surface area contributed by atoms with Crippen LogP contribution in [0.4, 0.5) is 0 Å². The van der Waals surface area contributed by atoms with E-state index in [2.05, 4.69) is 30.7 Å². The summed E-state index contributed by atoms with van der Waals surface area (Å²) < 4.78 is 0. The smallest absolute Gasteiger partial charge is 0.0333 e. The molecule has 1 aliphatic heterocycles. The third-order valence-corrected chi connectivity index (χ3v) is 5.44. The monoisotopic (exact) mass is 253 g/mol. The van der Waals surface area contributed by atoms with Crippen molar-refractivity contribution >= 4 is 0 Å². The van der Waals surface area contributed by atoms with Crippen molar-refractivity contribution in [3.05, 3.63) is 0 Å². The summed E-state index contributed by atoms with van der Waals surface area (Å²) in [4.78, 5) is 5.24. The van der Waals surface area contributed by atoms with Gasteiger partial charge >= 0.3 is 0 Å². The van der Waals surface area contributed by atoms with Gasteiger partial charge in [0, 0.05) is 37.3 Å². The van der Waals surface area contributed by atoms with Crippen LogP contribution in [0.3, 0.4) is 0 Å². The van der Waals surface area contributed by atoms with Crippen molar-refractivity contribution in [3.63, 3.8) is 0 Å². The average Bonchev–Trinajstić information content (AvgIpc) is 2.61. The van der Waals surface area contributed by atoms with Gasteiger partial charge < -0.3 is 5.73 Å². The Kier molecular flexibility index (Phi) is 4.68. The van der Waals surface area contributed by atoms with E-state index in [1.54, 1.807) is 0 Å². The van der Waals surface area contributed by atoms with E-state index in [1.807, 2.05) is 0 Å². The fourth-order valence-corrected chi connectivity index (χ4v) is 3.83. The van der Waals surface area contributed by atoms with Crippen LogP contribution in [0.15, 0.2) is 0 Å². The largest absolute Gasteiger partial charge is 0.329 e. The first-order valence-corrected chi connectivity index (χ1v) is 7.76. The number of piperazine rings is 1. The maximum atomic E-state index is 6.21. The molecular weight excluding hydrogens is 222 g/mol. The highest BCUT2D eigenvalue weighted by atomic mass is 15.3. The van der Waals surface area contributed by atoms with E-state index in [1.165, 1.54) is 51.6 Å². The number of nitrogens with two attached hydrogens (primary N) is 1. The normalized spacial score (nSPS) is 35.3. The van der Waals surface area contributed by atoms with Crippen LogP contribution in [0, 0.1) is 0 Å². The standard InChI is InChI=1S/C15H31N3/c1-13-10-18(11-14(2)17(13)3)15(12-16)8-6-4-5-7-9-15/h13-14H,4-12,16H2,1-3H3. The predicted molar refractivity (Wildman–Crippen MR) is 77.7 cm³/mol. The zero-order valence-corrected chi connectivity index (χ0v) is 12.5. The van der Waals surface area contributed by atoms with Gasteiger partial charge in [-0.05, 0) is 33.7 Å². The Morgan fingerprint density at radius 1 is 1.00 bits per heavy atom. The Labute approximate surface area is 113 Å². The van der Waals surface area contributed by atoms with Gasteiger partial charge in [0.05, 0.1) is 0 Å². The number of nitrogens with zero attached hydrogens (tertiary/aromatic N) is 2. The van der Waals surface area contributed by atoms with Crippen LogP contribution < -0.4 is 5.73 Å². The highest BCUT2D eigenvalue weighted by Gasteiger charge is 2.40. The zero-order chi connectivity index (χ0) is 13.2. The highest BCUT2D eigenvalue weighted by molar-refractivity contribution is 4.98. The minimum absolute atomic E-state index is 0.306. The second-order valence-corrected chi connectivity index (χ2v) is 6.61. The quantitative estimate of drug-likeness (QED) is 0.765. The Balaban J connectivity index is 2.11. The molecular formula is C15H31N3. The molecule has 0 spiro atoms. The summed E-state index contributed by atoms with van der Waals surface area (Å²) in [6.07, 6.45) is 8.17. The van der Waals surface area contributed by atoms with Crippen molar-refractivity contribution in [2.24, 2.45) is 5.73 Å². The molecule has 2 fully saturated rings. The molecule has 0 amide bonds. The van der Waals surface area contributed by atoms with E-state index in [0.717, 1.165) is 6.54 Å². The van der Waals surface area contributed by atoms with Crippen LogP contribution in [0.1, 0.15) is 52.4 Å². The highest BCUT2D eigenvalue weighted by Crippen LogP contribution is 2.34. The number of hydrogen-bond donors (Lipinski definition) is 1. The second kappa shape index (κ2) is 5.89. The van der Waals surface area contributed by atoms with Crippen LogP contribution in [0.25, 0.3) is 0 Å². The Hall–Kier alpha value is -0.120. The first kappa shape index (κ1) is 14.3. The van der Waals surface area contributed by atoms with E-state index in [9.17, 15) is 0 Å². The van der Waals surface area contributed by atoms with Crippen molar-refractivity contribution in [3.8, 4) is 0 Å². The van der Waals surface area contributed by atoms with Gasteiger partial charge in [-0.1, -0.05) is 25.7 Å². The second-order valence-electron chi connectivity index (χ2n) is 6.61. The van der Waals surface area contributed by atoms with Gasteiger partial charge in [0.25, 0.3) is 0 Å². The molecule has 106 valence electrons. The van der Waals surface area contributed by atoms with Crippen molar-refractivity contribution in [1.29, 1.82) is 0 Å². The third-order valence-electron chi connectivity index (χ3n) is 5.44. The van der Waals surface area contributed by atoms with Crippen molar-refractivity contribution in [2.45, 2.75) is 70.0 Å². The van der Waals surface area contributed by atoms with Crippen molar-refractivity contribution < 1.29 is 0 Å². The summed E-state index contributed by atoms with van der Waals surface area (Å²) in [6.45, 7) is 7.93. The lowest BCUT2D eigenvalue weighted by atomic mass is 9.86. The molecule has 3 heteroatoms. The molecule has 1 heterocycles. The maximum Gasteiger partial charge on any atom is 0.0333 e. The molecule has 2 aliphatic rings. The molecule has 1 saturated heterocycles. The minimum Gasteiger partial charge on any atom is -0.329 e. The van der Waals surface area contributed by atoms with E-state index >= 15 is 0 Å². The topological polar surface area (TPSA) is 32.5 Å². The lowest BCUT2D eigenvalue weighted by Crippen LogP contribution is -2.64. The zero-order valence-electron chi connectivity index (χ0n) is 12.5. The fourth-order valence-electron chi connectivity index (χ4n) is 3.83. The van der Waals surface area contributed by atoms with Crippen molar-refractivity contribution in [1.82, 2.24) is 9.80 Å². The first-order chi connectivity index (χ1) is 8.59. The van der Waals surface area contributed by atoms with Gasteiger partial charge in [-0.3, -0.25) is 9.80 Å². The van der Waals surface area contributed by atoms with Crippen LogP contribution in [0.5, 0.6) is 0 Å². The van der Waals surface area contributed by atoms with Gasteiger partial charge in [-0.2, -0.15) is 0 Å². The van der Waals surface area contributed by atoms with E-state index < -0.39 is 0 Å². The van der Waals surface area contributed by atoms with E-state index in [4.69, 9.17) is 5.73 Å². The third kappa shape index (κ3) is 2.73. The summed E-state index contributed by atoms with van der Waals surface area (Å²) in [5.74, 6) is 0. The summed E-state index contributed by atoms with van der Waals surface area (Å²) >= 11 is 0.